The van der Waals surface area contributed by atoms with Gasteiger partial charge < -0.3 is 4.74 Å². The number of carbonyl (C=O) groups is 3. The molecule has 1 N–H and O–H groups in total. The molecule has 2 aromatic carbocycles. The molecule has 0 atom stereocenters. The molecule has 2 aromatic rings. The predicted molar refractivity (Wildman–Crippen MR) is 113 cm³/mol. The fourth-order valence-corrected chi connectivity index (χ4v) is 4.17. The van der Waals surface area contributed by atoms with Crippen molar-refractivity contribution in [3.05, 3.63) is 61.5 Å². The first-order valence-corrected chi connectivity index (χ1v) is 10.1. The van der Waals surface area contributed by atoms with Gasteiger partial charge in [-0.1, -0.05) is 11.6 Å². The summed E-state index contributed by atoms with van der Waals surface area (Å²) in [6, 6.07) is 8.77. The van der Waals surface area contributed by atoms with E-state index in [1.807, 2.05) is 6.92 Å². The number of nitrogens with one attached hydrogen (secondary N) is 1. The summed E-state index contributed by atoms with van der Waals surface area (Å²) in [6.07, 6.45) is 1.41. The van der Waals surface area contributed by atoms with Gasteiger partial charge in [0.05, 0.1) is 21.2 Å². The number of hydrogen-bond donors (Lipinski definition) is 1. The summed E-state index contributed by atoms with van der Waals surface area (Å²) >= 11 is 12.7. The molecule has 0 radical (unpaired) electrons. The average molecular weight is 529 g/mol. The van der Waals surface area contributed by atoms with Crippen molar-refractivity contribution >= 4 is 73.1 Å². The van der Waals surface area contributed by atoms with Gasteiger partial charge in [0.2, 0.25) is 0 Å². The van der Waals surface area contributed by atoms with Gasteiger partial charge in [0.1, 0.15) is 11.3 Å². The maximum Gasteiger partial charge on any atom is 0.335 e. The van der Waals surface area contributed by atoms with Crippen LogP contribution in [0.3, 0.4) is 0 Å². The second-order valence-corrected chi connectivity index (χ2v) is 7.83. The number of barbiturate groups is 1. The second kappa shape index (κ2) is 8.46. The Hall–Kier alpha value is -2.16. The number of carbonyl (C=O) groups excluding carboxylic acids is 3. The topological polar surface area (TPSA) is 75.7 Å². The first-order chi connectivity index (χ1) is 13.3. The van der Waals surface area contributed by atoms with Gasteiger partial charge in [-0.2, -0.15) is 0 Å². The SMILES string of the molecule is CCOc1c(Br)cc(/C=C2\C(=O)NC(=O)N(c3ccc(Cl)cc3)C2=O)cc1Br. The molecule has 3 rings (SSSR count). The number of halogens is 3. The van der Waals surface area contributed by atoms with Gasteiger partial charge in [0.25, 0.3) is 11.8 Å². The van der Waals surface area contributed by atoms with Crippen LogP contribution >= 0.6 is 43.5 Å². The molecular formula is C19H13Br2ClN2O4. The van der Waals surface area contributed by atoms with Gasteiger partial charge in [0.15, 0.2) is 0 Å². The number of amides is 4. The maximum absolute atomic E-state index is 12.9. The van der Waals surface area contributed by atoms with Crippen molar-refractivity contribution in [1.82, 2.24) is 5.32 Å². The van der Waals surface area contributed by atoms with E-state index >= 15 is 0 Å². The van der Waals surface area contributed by atoms with Crippen molar-refractivity contribution < 1.29 is 19.1 Å². The Balaban J connectivity index is 2.00. The Morgan fingerprint density at radius 1 is 1.11 bits per heavy atom. The van der Waals surface area contributed by atoms with E-state index in [1.165, 1.54) is 18.2 Å². The molecule has 1 aliphatic heterocycles. The number of imide groups is 2. The van der Waals surface area contributed by atoms with Crippen LogP contribution in [-0.2, 0) is 9.59 Å². The summed E-state index contributed by atoms with van der Waals surface area (Å²) in [5.74, 6) is -0.874. The monoisotopic (exact) mass is 526 g/mol. The predicted octanol–water partition coefficient (Wildman–Crippen LogP) is 4.93. The maximum atomic E-state index is 12.9. The number of anilines is 1. The zero-order chi connectivity index (χ0) is 20.4. The highest BCUT2D eigenvalue weighted by Crippen LogP contribution is 2.35. The molecule has 0 aromatic heterocycles. The summed E-state index contributed by atoms with van der Waals surface area (Å²) in [5.41, 5.74) is 0.711. The van der Waals surface area contributed by atoms with E-state index in [2.05, 4.69) is 37.2 Å². The minimum atomic E-state index is -0.816. The molecule has 1 fully saturated rings. The number of urea groups is 1. The highest BCUT2D eigenvalue weighted by atomic mass is 79.9. The third-order valence-corrected chi connectivity index (χ3v) is 5.24. The lowest BCUT2D eigenvalue weighted by molar-refractivity contribution is -0.122. The molecule has 0 bridgehead atoms. The van der Waals surface area contributed by atoms with Crippen LogP contribution in [0.5, 0.6) is 5.75 Å². The Morgan fingerprint density at radius 3 is 2.29 bits per heavy atom. The fraction of sp³-hybridized carbons (Fsp3) is 0.105. The molecule has 0 unspecified atom stereocenters. The van der Waals surface area contributed by atoms with Gasteiger partial charge in [-0.3, -0.25) is 14.9 Å². The molecule has 9 heteroatoms. The van der Waals surface area contributed by atoms with Crippen LogP contribution in [0.2, 0.25) is 5.02 Å². The summed E-state index contributed by atoms with van der Waals surface area (Å²) in [7, 11) is 0. The van der Waals surface area contributed by atoms with E-state index in [0.717, 1.165) is 4.90 Å². The number of hydrogen-bond acceptors (Lipinski definition) is 4. The number of rotatable bonds is 4. The Bertz CT molecular complexity index is 982. The molecule has 28 heavy (non-hydrogen) atoms. The van der Waals surface area contributed by atoms with Crippen LogP contribution < -0.4 is 15.0 Å². The summed E-state index contributed by atoms with van der Waals surface area (Å²) in [5, 5.41) is 2.64. The Kier molecular flexibility index (Phi) is 6.22. The molecule has 4 amide bonds. The van der Waals surface area contributed by atoms with Crippen molar-refractivity contribution in [2.45, 2.75) is 6.92 Å². The van der Waals surface area contributed by atoms with E-state index in [4.69, 9.17) is 16.3 Å². The van der Waals surface area contributed by atoms with E-state index in [0.29, 0.717) is 37.6 Å². The van der Waals surface area contributed by atoms with Gasteiger partial charge in [0, 0.05) is 5.02 Å². The molecule has 0 aliphatic carbocycles. The van der Waals surface area contributed by atoms with E-state index in [1.54, 1.807) is 24.3 Å². The van der Waals surface area contributed by atoms with Crippen LogP contribution in [0.1, 0.15) is 12.5 Å². The van der Waals surface area contributed by atoms with Crippen molar-refractivity contribution in [2.75, 3.05) is 11.5 Å². The van der Waals surface area contributed by atoms with E-state index in [-0.39, 0.29) is 5.57 Å². The largest absolute Gasteiger partial charge is 0.492 e. The van der Waals surface area contributed by atoms with Crippen molar-refractivity contribution in [3.63, 3.8) is 0 Å². The minimum Gasteiger partial charge on any atom is -0.492 e. The molecule has 1 saturated heterocycles. The zero-order valence-corrected chi connectivity index (χ0v) is 18.4. The average Bonchev–Trinajstić information content (AvgIpc) is 2.63. The van der Waals surface area contributed by atoms with E-state index in [9.17, 15) is 14.4 Å². The quantitative estimate of drug-likeness (QED) is 0.451. The lowest BCUT2D eigenvalue weighted by Gasteiger charge is -2.26. The third-order valence-electron chi connectivity index (χ3n) is 3.81. The first-order valence-electron chi connectivity index (χ1n) is 8.10. The molecule has 144 valence electrons. The fourth-order valence-electron chi connectivity index (χ4n) is 2.59. The third kappa shape index (κ3) is 4.14. The standard InChI is InChI=1S/C19H13Br2ClN2O4/c1-2-28-16-14(20)8-10(9-15(16)21)7-13-17(25)23-19(27)24(18(13)26)12-5-3-11(22)4-6-12/h3-9H,2H2,1H3,(H,23,25,27)/b13-7+. The van der Waals surface area contributed by atoms with Crippen LogP contribution in [0.4, 0.5) is 10.5 Å². The summed E-state index contributed by atoms with van der Waals surface area (Å²) in [6.45, 7) is 2.35. The highest BCUT2D eigenvalue weighted by molar-refractivity contribution is 9.11. The molecular weight excluding hydrogens is 515 g/mol. The van der Waals surface area contributed by atoms with Crippen molar-refractivity contribution in [2.24, 2.45) is 0 Å². The Morgan fingerprint density at radius 2 is 1.71 bits per heavy atom. The van der Waals surface area contributed by atoms with Crippen LogP contribution in [0, 0.1) is 0 Å². The number of benzene rings is 2. The van der Waals surface area contributed by atoms with Gasteiger partial charge in [-0.25, -0.2) is 9.69 Å². The lowest BCUT2D eigenvalue weighted by Crippen LogP contribution is -2.54. The van der Waals surface area contributed by atoms with Gasteiger partial charge >= 0.3 is 6.03 Å². The second-order valence-electron chi connectivity index (χ2n) is 5.68. The Labute approximate surface area is 182 Å². The van der Waals surface area contributed by atoms with Crippen molar-refractivity contribution in [1.29, 1.82) is 0 Å². The van der Waals surface area contributed by atoms with E-state index < -0.39 is 17.8 Å². The lowest BCUT2D eigenvalue weighted by atomic mass is 10.1. The number of nitrogens with zero attached hydrogens (tertiary/aromatic N) is 1. The van der Waals surface area contributed by atoms with Crippen LogP contribution in [-0.4, -0.2) is 24.5 Å². The molecule has 6 nitrogen and oxygen atoms in total. The summed E-state index contributed by atoms with van der Waals surface area (Å²) in [4.78, 5) is 38.2. The molecule has 1 aliphatic rings. The summed E-state index contributed by atoms with van der Waals surface area (Å²) < 4.78 is 6.84. The smallest absolute Gasteiger partial charge is 0.335 e. The number of ether oxygens (including phenoxy) is 1. The molecule has 0 saturated carbocycles. The first kappa shape index (κ1) is 20.6. The van der Waals surface area contributed by atoms with Crippen LogP contribution in [0.25, 0.3) is 6.08 Å². The van der Waals surface area contributed by atoms with Gasteiger partial charge in [-0.05, 0) is 86.8 Å². The van der Waals surface area contributed by atoms with Crippen molar-refractivity contribution in [3.8, 4) is 5.75 Å². The minimum absolute atomic E-state index is 0.169. The highest BCUT2D eigenvalue weighted by Gasteiger charge is 2.36. The van der Waals surface area contributed by atoms with Gasteiger partial charge in [-0.15, -0.1) is 0 Å². The zero-order valence-electron chi connectivity index (χ0n) is 14.5. The molecule has 1 heterocycles. The van der Waals surface area contributed by atoms with Crippen LogP contribution in [0.15, 0.2) is 50.9 Å². The molecule has 0 spiro atoms. The normalized spacial score (nSPS) is 15.8.